The molecule has 0 aliphatic carbocycles. The Morgan fingerprint density at radius 2 is 1.81 bits per heavy atom. The highest BCUT2D eigenvalue weighted by Gasteiger charge is 2.23. The lowest BCUT2D eigenvalue weighted by molar-refractivity contribution is -0.137. The van der Waals surface area contributed by atoms with E-state index in [-0.39, 0.29) is 12.2 Å². The Balaban J connectivity index is 1.73. The molecule has 1 fully saturated rings. The van der Waals surface area contributed by atoms with Gasteiger partial charge in [-0.3, -0.25) is 0 Å². The monoisotopic (exact) mass is 292 g/mol. The van der Waals surface area contributed by atoms with Gasteiger partial charge in [-0.1, -0.05) is 44.7 Å². The summed E-state index contributed by atoms with van der Waals surface area (Å²) in [5, 5.41) is 0. The summed E-state index contributed by atoms with van der Waals surface area (Å²) in [5.74, 6) is 0.909. The van der Waals surface area contributed by atoms with Gasteiger partial charge in [-0.15, -0.1) is 0 Å². The summed E-state index contributed by atoms with van der Waals surface area (Å²) in [6, 6.07) is 8.14. The lowest BCUT2D eigenvalue weighted by atomic mass is 10.1. The first-order valence-corrected chi connectivity index (χ1v) is 8.29. The van der Waals surface area contributed by atoms with E-state index in [1.807, 2.05) is 19.1 Å². The van der Waals surface area contributed by atoms with Gasteiger partial charge in [-0.2, -0.15) is 0 Å². The molecule has 0 spiro atoms. The molecule has 0 aromatic heterocycles. The van der Waals surface area contributed by atoms with Crippen LogP contribution in [-0.4, -0.2) is 25.9 Å². The fourth-order valence-electron chi connectivity index (χ4n) is 2.65. The normalized spacial score (nSPS) is 22.2. The molecule has 3 heteroatoms. The molecule has 2 rings (SSSR count). The highest BCUT2D eigenvalue weighted by molar-refractivity contribution is 5.28. The van der Waals surface area contributed by atoms with Crippen LogP contribution >= 0.6 is 0 Å². The first-order valence-electron chi connectivity index (χ1n) is 8.29. The maximum absolute atomic E-state index is 5.97. The predicted molar refractivity (Wildman–Crippen MR) is 84.8 cm³/mol. The van der Waals surface area contributed by atoms with E-state index >= 15 is 0 Å². The van der Waals surface area contributed by atoms with Crippen molar-refractivity contribution in [2.24, 2.45) is 0 Å². The van der Waals surface area contributed by atoms with E-state index in [0.29, 0.717) is 19.8 Å². The number of unbranched alkanes of at least 4 members (excludes halogenated alkanes) is 3. The largest absolute Gasteiger partial charge is 0.494 e. The Bertz CT molecular complexity index is 380. The molecular weight excluding hydrogens is 264 g/mol. The van der Waals surface area contributed by atoms with E-state index in [0.717, 1.165) is 12.2 Å². The number of hydrogen-bond donors (Lipinski definition) is 0. The Hall–Kier alpha value is -1.06. The van der Waals surface area contributed by atoms with Crippen LogP contribution in [0.5, 0.6) is 5.75 Å². The van der Waals surface area contributed by atoms with E-state index < -0.39 is 0 Å². The molecule has 1 aliphatic rings. The van der Waals surface area contributed by atoms with E-state index in [2.05, 4.69) is 19.1 Å². The molecule has 1 saturated heterocycles. The first-order chi connectivity index (χ1) is 10.3. The molecule has 118 valence electrons. The highest BCUT2D eigenvalue weighted by atomic mass is 16.6. The van der Waals surface area contributed by atoms with Gasteiger partial charge in [0.05, 0.1) is 25.9 Å². The van der Waals surface area contributed by atoms with Crippen molar-refractivity contribution in [3.05, 3.63) is 29.8 Å². The average Bonchev–Trinajstić information content (AvgIpc) is 2.53. The van der Waals surface area contributed by atoms with E-state index in [4.69, 9.17) is 14.2 Å². The lowest BCUT2D eigenvalue weighted by Crippen LogP contribution is -2.31. The van der Waals surface area contributed by atoms with Crippen molar-refractivity contribution < 1.29 is 14.2 Å². The molecule has 0 amide bonds. The maximum Gasteiger partial charge on any atom is 0.119 e. The van der Waals surface area contributed by atoms with Gasteiger partial charge in [0.1, 0.15) is 11.9 Å². The summed E-state index contributed by atoms with van der Waals surface area (Å²) in [4.78, 5) is 0. The SMILES string of the molecule is CCCCCC[C@@H]1CO[C@@H](c2ccc(OCC)cc2)CO1. The van der Waals surface area contributed by atoms with Crippen LogP contribution in [-0.2, 0) is 9.47 Å². The van der Waals surface area contributed by atoms with Gasteiger partial charge in [0, 0.05) is 0 Å². The number of ether oxygens (including phenoxy) is 3. The fourth-order valence-corrected chi connectivity index (χ4v) is 2.65. The second-order valence-corrected chi connectivity index (χ2v) is 5.63. The molecule has 1 aromatic carbocycles. The van der Waals surface area contributed by atoms with E-state index in [1.165, 1.54) is 31.2 Å². The lowest BCUT2D eigenvalue weighted by Gasteiger charge is -2.30. The summed E-state index contributed by atoms with van der Waals surface area (Å²) >= 11 is 0. The number of rotatable bonds is 8. The van der Waals surface area contributed by atoms with Gasteiger partial charge < -0.3 is 14.2 Å². The molecule has 21 heavy (non-hydrogen) atoms. The topological polar surface area (TPSA) is 27.7 Å². The van der Waals surface area contributed by atoms with Crippen LogP contribution in [0.2, 0.25) is 0 Å². The minimum absolute atomic E-state index is 0.0626. The first kappa shape index (κ1) is 16.3. The summed E-state index contributed by atoms with van der Waals surface area (Å²) in [6.45, 7) is 6.30. The van der Waals surface area contributed by atoms with Crippen LogP contribution in [0.3, 0.4) is 0 Å². The summed E-state index contributed by atoms with van der Waals surface area (Å²) < 4.78 is 17.4. The summed E-state index contributed by atoms with van der Waals surface area (Å²) in [5.41, 5.74) is 1.17. The fraction of sp³-hybridized carbons (Fsp3) is 0.667. The Morgan fingerprint density at radius 3 is 2.43 bits per heavy atom. The van der Waals surface area contributed by atoms with Crippen LogP contribution in [0.25, 0.3) is 0 Å². The van der Waals surface area contributed by atoms with Crippen molar-refractivity contribution in [1.82, 2.24) is 0 Å². The van der Waals surface area contributed by atoms with Crippen molar-refractivity contribution in [3.63, 3.8) is 0 Å². The molecule has 1 aliphatic heterocycles. The third-order valence-electron chi connectivity index (χ3n) is 3.91. The van der Waals surface area contributed by atoms with Crippen LogP contribution in [0, 0.1) is 0 Å². The van der Waals surface area contributed by atoms with Gasteiger partial charge in [-0.25, -0.2) is 0 Å². The minimum Gasteiger partial charge on any atom is -0.494 e. The van der Waals surface area contributed by atoms with Crippen LogP contribution in [0.4, 0.5) is 0 Å². The molecule has 0 radical (unpaired) electrons. The molecule has 0 saturated carbocycles. The number of hydrogen-bond acceptors (Lipinski definition) is 3. The van der Waals surface area contributed by atoms with Crippen molar-refractivity contribution in [2.45, 2.75) is 58.2 Å². The Labute approximate surface area is 128 Å². The van der Waals surface area contributed by atoms with Crippen molar-refractivity contribution >= 4 is 0 Å². The second kappa shape index (κ2) is 9.06. The molecular formula is C18H28O3. The van der Waals surface area contributed by atoms with Gasteiger partial charge >= 0.3 is 0 Å². The summed E-state index contributed by atoms with van der Waals surface area (Å²) in [6.07, 6.45) is 6.61. The molecule has 0 N–H and O–H groups in total. The van der Waals surface area contributed by atoms with E-state index in [1.54, 1.807) is 0 Å². The Morgan fingerprint density at radius 1 is 1.00 bits per heavy atom. The third kappa shape index (κ3) is 5.33. The second-order valence-electron chi connectivity index (χ2n) is 5.63. The molecule has 3 nitrogen and oxygen atoms in total. The minimum atomic E-state index is 0.0626. The molecule has 1 heterocycles. The maximum atomic E-state index is 5.97. The molecule has 0 bridgehead atoms. The van der Waals surface area contributed by atoms with Crippen molar-refractivity contribution in [1.29, 1.82) is 0 Å². The third-order valence-corrected chi connectivity index (χ3v) is 3.91. The average molecular weight is 292 g/mol. The smallest absolute Gasteiger partial charge is 0.119 e. The van der Waals surface area contributed by atoms with Crippen molar-refractivity contribution in [3.8, 4) is 5.75 Å². The van der Waals surface area contributed by atoms with Crippen molar-refractivity contribution in [2.75, 3.05) is 19.8 Å². The quantitative estimate of drug-likeness (QED) is 0.660. The molecule has 2 atom stereocenters. The zero-order chi connectivity index (χ0) is 14.9. The molecule has 0 unspecified atom stereocenters. The Kier molecular flexibility index (Phi) is 7.04. The van der Waals surface area contributed by atoms with Gasteiger partial charge in [0.25, 0.3) is 0 Å². The zero-order valence-electron chi connectivity index (χ0n) is 13.3. The van der Waals surface area contributed by atoms with E-state index in [9.17, 15) is 0 Å². The predicted octanol–water partition coefficient (Wildman–Crippen LogP) is 4.51. The van der Waals surface area contributed by atoms with Gasteiger partial charge in [0.2, 0.25) is 0 Å². The van der Waals surface area contributed by atoms with Gasteiger partial charge in [0.15, 0.2) is 0 Å². The van der Waals surface area contributed by atoms with Gasteiger partial charge in [-0.05, 0) is 31.0 Å². The zero-order valence-corrected chi connectivity index (χ0v) is 13.3. The van der Waals surface area contributed by atoms with Crippen LogP contribution < -0.4 is 4.74 Å². The molecule has 1 aromatic rings. The standard InChI is InChI=1S/C18H28O3/c1-3-5-6-7-8-17-13-21-18(14-20-17)15-9-11-16(12-10-15)19-4-2/h9-12,17-18H,3-8,13-14H2,1-2H3/t17-,18-/m1/s1. The highest BCUT2D eigenvalue weighted by Crippen LogP contribution is 2.26. The van der Waals surface area contributed by atoms with Crippen LogP contribution in [0.1, 0.15) is 57.6 Å². The van der Waals surface area contributed by atoms with Crippen LogP contribution in [0.15, 0.2) is 24.3 Å². The summed E-state index contributed by atoms with van der Waals surface area (Å²) in [7, 11) is 0. The number of benzene rings is 1.